The normalized spacial score (nSPS) is 11.4. The van der Waals surface area contributed by atoms with E-state index in [1.54, 1.807) is 12.1 Å². The van der Waals surface area contributed by atoms with Crippen LogP contribution in [0.3, 0.4) is 0 Å². The fraction of sp³-hybridized carbons (Fsp3) is 0.438. The number of aryl methyl sites for hydroxylation is 1. The van der Waals surface area contributed by atoms with Crippen molar-refractivity contribution in [1.29, 1.82) is 0 Å². The largest absolute Gasteiger partial charge is 0.507 e. The highest BCUT2D eigenvalue weighted by Gasteiger charge is 2.15. The molecule has 108 valence electrons. The molecular weight excluding hydrogens is 254 g/mol. The van der Waals surface area contributed by atoms with Crippen LogP contribution in [0.4, 0.5) is 0 Å². The molecule has 0 fully saturated rings. The molecule has 0 aliphatic carbocycles. The summed E-state index contributed by atoms with van der Waals surface area (Å²) in [5.74, 6) is 0.828. The Bertz CT molecular complexity index is 657. The van der Waals surface area contributed by atoms with Gasteiger partial charge in [0.1, 0.15) is 17.1 Å². The molecule has 2 rings (SSSR count). The number of aromatic hydroxyl groups is 1. The smallest absolute Gasteiger partial charge is 0.192 e. The zero-order chi connectivity index (χ0) is 14.7. The number of hydrogen-bond acceptors (Lipinski definition) is 4. The van der Waals surface area contributed by atoms with Crippen LogP contribution < -0.4 is 5.43 Å². The number of phenolic OH excluding ortho intramolecular Hbond substituents is 1. The Labute approximate surface area is 118 Å². The van der Waals surface area contributed by atoms with Gasteiger partial charge >= 0.3 is 0 Å². The fourth-order valence-corrected chi connectivity index (χ4v) is 2.31. The monoisotopic (exact) mass is 275 g/mol. The van der Waals surface area contributed by atoms with Crippen LogP contribution in [-0.4, -0.2) is 23.1 Å². The first-order valence-corrected chi connectivity index (χ1v) is 7.10. The van der Waals surface area contributed by atoms with Gasteiger partial charge in [0.25, 0.3) is 0 Å². The molecule has 0 unspecified atom stereocenters. The lowest BCUT2D eigenvalue weighted by Crippen LogP contribution is -2.22. The van der Waals surface area contributed by atoms with Gasteiger partial charge in [0.05, 0.1) is 10.9 Å². The van der Waals surface area contributed by atoms with Crippen molar-refractivity contribution in [3.63, 3.8) is 0 Å². The third-order valence-electron chi connectivity index (χ3n) is 3.65. The van der Waals surface area contributed by atoms with Crippen molar-refractivity contribution in [3.05, 3.63) is 39.7 Å². The highest BCUT2D eigenvalue weighted by Crippen LogP contribution is 2.27. The average molecular weight is 275 g/mol. The Morgan fingerprint density at radius 3 is 2.50 bits per heavy atom. The third kappa shape index (κ3) is 2.70. The second-order valence-electron chi connectivity index (χ2n) is 4.83. The summed E-state index contributed by atoms with van der Waals surface area (Å²) in [6, 6.07) is 4.73. The van der Waals surface area contributed by atoms with Crippen molar-refractivity contribution in [3.8, 4) is 5.75 Å². The molecule has 0 spiro atoms. The Kier molecular flexibility index (Phi) is 4.45. The maximum atomic E-state index is 12.1. The third-order valence-corrected chi connectivity index (χ3v) is 3.65. The quantitative estimate of drug-likeness (QED) is 0.911. The molecule has 4 nitrogen and oxygen atoms in total. The molecule has 0 atom stereocenters. The van der Waals surface area contributed by atoms with Crippen molar-refractivity contribution in [2.24, 2.45) is 0 Å². The summed E-state index contributed by atoms with van der Waals surface area (Å²) in [6.07, 6.45) is 0.658. The van der Waals surface area contributed by atoms with E-state index in [1.165, 1.54) is 6.07 Å². The van der Waals surface area contributed by atoms with Crippen molar-refractivity contribution < 1.29 is 9.52 Å². The summed E-state index contributed by atoms with van der Waals surface area (Å²) >= 11 is 0. The molecule has 0 amide bonds. The SMILES string of the molecule is CCc1cc(=O)c2ccc(O)c(CN(CC)CC)c2o1. The molecule has 0 aliphatic heterocycles. The maximum absolute atomic E-state index is 12.1. The molecular formula is C16H21NO3. The first-order chi connectivity index (χ1) is 9.60. The molecule has 0 saturated heterocycles. The van der Waals surface area contributed by atoms with Crippen LogP contribution in [0.1, 0.15) is 32.1 Å². The van der Waals surface area contributed by atoms with Gasteiger partial charge in [0.2, 0.25) is 0 Å². The number of rotatable bonds is 5. The van der Waals surface area contributed by atoms with Crippen LogP contribution >= 0.6 is 0 Å². The minimum atomic E-state index is -0.0519. The second kappa shape index (κ2) is 6.09. The van der Waals surface area contributed by atoms with Gasteiger partial charge in [0.15, 0.2) is 5.43 Å². The first kappa shape index (κ1) is 14.6. The van der Waals surface area contributed by atoms with Crippen molar-refractivity contribution in [2.75, 3.05) is 13.1 Å². The summed E-state index contributed by atoms with van der Waals surface area (Å²) in [7, 11) is 0. The summed E-state index contributed by atoms with van der Waals surface area (Å²) in [4.78, 5) is 14.3. The van der Waals surface area contributed by atoms with Crippen LogP contribution in [0.2, 0.25) is 0 Å². The lowest BCUT2D eigenvalue weighted by atomic mass is 10.1. The summed E-state index contributed by atoms with van der Waals surface area (Å²) in [6.45, 7) is 8.41. The summed E-state index contributed by atoms with van der Waals surface area (Å²) in [5, 5.41) is 10.6. The average Bonchev–Trinajstić information content (AvgIpc) is 2.46. The van der Waals surface area contributed by atoms with Gasteiger partial charge in [0, 0.05) is 19.0 Å². The Balaban J connectivity index is 2.64. The molecule has 0 bridgehead atoms. The molecule has 0 saturated carbocycles. The number of benzene rings is 1. The van der Waals surface area contributed by atoms with Crippen LogP contribution in [0.25, 0.3) is 11.0 Å². The fourth-order valence-electron chi connectivity index (χ4n) is 2.31. The minimum Gasteiger partial charge on any atom is -0.507 e. The Morgan fingerprint density at radius 2 is 1.90 bits per heavy atom. The van der Waals surface area contributed by atoms with Crippen LogP contribution in [-0.2, 0) is 13.0 Å². The van der Waals surface area contributed by atoms with Crippen molar-refractivity contribution in [2.45, 2.75) is 33.7 Å². The van der Waals surface area contributed by atoms with E-state index >= 15 is 0 Å². The van der Waals surface area contributed by atoms with Gasteiger partial charge in [-0.1, -0.05) is 20.8 Å². The van der Waals surface area contributed by atoms with E-state index in [0.717, 1.165) is 13.1 Å². The Hall–Kier alpha value is -1.81. The highest BCUT2D eigenvalue weighted by molar-refractivity contribution is 5.82. The second-order valence-corrected chi connectivity index (χ2v) is 4.83. The molecule has 0 aliphatic rings. The van der Waals surface area contributed by atoms with Gasteiger partial charge < -0.3 is 9.52 Å². The topological polar surface area (TPSA) is 53.7 Å². The van der Waals surface area contributed by atoms with Gasteiger partial charge in [-0.25, -0.2) is 0 Å². The number of phenols is 1. The molecule has 4 heteroatoms. The predicted octanol–water partition coefficient (Wildman–Crippen LogP) is 2.90. The summed E-state index contributed by atoms with van der Waals surface area (Å²) < 4.78 is 5.81. The molecule has 1 N–H and O–H groups in total. The number of nitrogens with zero attached hydrogens (tertiary/aromatic N) is 1. The maximum Gasteiger partial charge on any atom is 0.192 e. The van der Waals surface area contributed by atoms with E-state index in [-0.39, 0.29) is 11.2 Å². The number of fused-ring (bicyclic) bond motifs is 1. The predicted molar refractivity (Wildman–Crippen MR) is 80.2 cm³/mol. The molecule has 1 aromatic carbocycles. The van der Waals surface area contributed by atoms with Crippen molar-refractivity contribution >= 4 is 11.0 Å². The lowest BCUT2D eigenvalue weighted by molar-refractivity contribution is 0.290. The van der Waals surface area contributed by atoms with E-state index in [9.17, 15) is 9.90 Å². The first-order valence-electron chi connectivity index (χ1n) is 7.10. The molecule has 2 aromatic rings. The van der Waals surface area contributed by atoms with Gasteiger partial charge in [-0.3, -0.25) is 9.69 Å². The molecule has 0 radical (unpaired) electrons. The standard InChI is InChI=1S/C16H21NO3/c1-4-11-9-15(19)12-7-8-14(18)13(16(12)20-11)10-17(5-2)6-3/h7-9,18H,4-6,10H2,1-3H3. The van der Waals surface area contributed by atoms with Crippen LogP contribution in [0.5, 0.6) is 5.75 Å². The number of hydrogen-bond donors (Lipinski definition) is 1. The summed E-state index contributed by atoms with van der Waals surface area (Å²) in [5.41, 5.74) is 1.16. The zero-order valence-corrected chi connectivity index (χ0v) is 12.3. The van der Waals surface area contributed by atoms with Gasteiger partial charge in [-0.05, 0) is 25.2 Å². The molecule has 20 heavy (non-hydrogen) atoms. The molecule has 1 heterocycles. The molecule has 1 aromatic heterocycles. The minimum absolute atomic E-state index is 0.0519. The van der Waals surface area contributed by atoms with E-state index in [2.05, 4.69) is 18.7 Å². The van der Waals surface area contributed by atoms with E-state index in [0.29, 0.717) is 35.3 Å². The van der Waals surface area contributed by atoms with E-state index in [1.807, 2.05) is 6.92 Å². The van der Waals surface area contributed by atoms with E-state index < -0.39 is 0 Å². The van der Waals surface area contributed by atoms with Crippen molar-refractivity contribution in [1.82, 2.24) is 4.90 Å². The highest BCUT2D eigenvalue weighted by atomic mass is 16.3. The van der Waals surface area contributed by atoms with Crippen LogP contribution in [0.15, 0.2) is 27.4 Å². The van der Waals surface area contributed by atoms with Crippen LogP contribution in [0, 0.1) is 0 Å². The zero-order valence-electron chi connectivity index (χ0n) is 12.3. The van der Waals surface area contributed by atoms with Gasteiger partial charge in [-0.2, -0.15) is 0 Å². The van der Waals surface area contributed by atoms with E-state index in [4.69, 9.17) is 4.42 Å². The Morgan fingerprint density at radius 1 is 1.20 bits per heavy atom. The van der Waals surface area contributed by atoms with Gasteiger partial charge in [-0.15, -0.1) is 0 Å². The lowest BCUT2D eigenvalue weighted by Gasteiger charge is -2.19.